The van der Waals surface area contributed by atoms with E-state index in [0.29, 0.717) is 0 Å². The van der Waals surface area contributed by atoms with E-state index in [1.807, 2.05) is 7.05 Å². The van der Waals surface area contributed by atoms with Crippen molar-refractivity contribution in [3.8, 4) is 0 Å². The van der Waals surface area contributed by atoms with E-state index in [1.165, 1.54) is 5.57 Å². The lowest BCUT2D eigenvalue weighted by Crippen LogP contribution is -2.42. The Balaban J connectivity index is 4.50. The fraction of sp³-hybridized carbons (Fsp3) is 0.800. The molecule has 0 spiro atoms. The normalized spacial score (nSPS) is 13.3. The number of nitrogens with one attached hydrogen (secondary N) is 1. The van der Waals surface area contributed by atoms with Gasteiger partial charge in [0.2, 0.25) is 0 Å². The number of hydrogen-bond acceptors (Lipinski definition) is 1. The van der Waals surface area contributed by atoms with Crippen molar-refractivity contribution < 1.29 is 0 Å². The maximum atomic E-state index is 4.11. The van der Waals surface area contributed by atoms with E-state index in [0.717, 1.165) is 0 Å². The molecule has 0 heterocycles. The fourth-order valence-electron chi connectivity index (χ4n) is 1.09. The Bertz CT molecular complexity index is 149. The molecule has 0 aliphatic rings. The third-order valence-corrected chi connectivity index (χ3v) is 2.28. The van der Waals surface area contributed by atoms with Crippen LogP contribution in [-0.4, -0.2) is 12.6 Å². The molecule has 0 atom stereocenters. The molecule has 66 valence electrons. The zero-order valence-corrected chi connectivity index (χ0v) is 8.71. The highest BCUT2D eigenvalue weighted by Crippen LogP contribution is 2.31. The van der Waals surface area contributed by atoms with Crippen molar-refractivity contribution in [3.05, 3.63) is 12.2 Å². The van der Waals surface area contributed by atoms with Gasteiger partial charge in [0.05, 0.1) is 0 Å². The summed E-state index contributed by atoms with van der Waals surface area (Å²) >= 11 is 0. The van der Waals surface area contributed by atoms with Crippen molar-refractivity contribution in [3.63, 3.8) is 0 Å². The fourth-order valence-corrected chi connectivity index (χ4v) is 1.09. The summed E-state index contributed by atoms with van der Waals surface area (Å²) in [4.78, 5) is 0. The minimum absolute atomic E-state index is 0.0399. The van der Waals surface area contributed by atoms with Crippen LogP contribution in [0.25, 0.3) is 0 Å². The molecule has 0 radical (unpaired) electrons. The van der Waals surface area contributed by atoms with E-state index in [9.17, 15) is 0 Å². The largest absolute Gasteiger partial charge is 0.311 e. The second-order valence-electron chi connectivity index (χ2n) is 4.60. The van der Waals surface area contributed by atoms with Crippen LogP contribution in [0.5, 0.6) is 0 Å². The lowest BCUT2D eigenvalue weighted by Gasteiger charge is -2.35. The summed E-state index contributed by atoms with van der Waals surface area (Å²) in [5, 5.41) is 3.25. The SMILES string of the molecule is C=C(C(C)(C)C)C(C)(C)NC. The first-order valence-corrected chi connectivity index (χ1v) is 4.10. The summed E-state index contributed by atoms with van der Waals surface area (Å²) in [6.45, 7) is 15.0. The predicted octanol–water partition coefficient (Wildman–Crippen LogP) is 2.59. The van der Waals surface area contributed by atoms with Gasteiger partial charge in [-0.05, 0) is 26.3 Å². The van der Waals surface area contributed by atoms with Crippen LogP contribution in [0, 0.1) is 5.41 Å². The summed E-state index contributed by atoms with van der Waals surface area (Å²) in [6.07, 6.45) is 0. The minimum Gasteiger partial charge on any atom is -0.311 e. The van der Waals surface area contributed by atoms with E-state index in [4.69, 9.17) is 0 Å². The van der Waals surface area contributed by atoms with Crippen LogP contribution in [0.2, 0.25) is 0 Å². The van der Waals surface area contributed by atoms with Crippen molar-refractivity contribution in [2.75, 3.05) is 7.05 Å². The smallest absolute Gasteiger partial charge is 0.0336 e. The van der Waals surface area contributed by atoms with Gasteiger partial charge in [-0.3, -0.25) is 0 Å². The second kappa shape index (κ2) is 2.98. The molecule has 0 saturated carbocycles. The molecule has 0 aliphatic heterocycles. The quantitative estimate of drug-likeness (QED) is 0.604. The van der Waals surface area contributed by atoms with Crippen LogP contribution in [0.4, 0.5) is 0 Å². The number of likely N-dealkylation sites (N-methyl/N-ethyl adjacent to an activating group) is 1. The van der Waals surface area contributed by atoms with Crippen molar-refractivity contribution in [2.24, 2.45) is 5.41 Å². The molecular formula is C10H21N. The van der Waals surface area contributed by atoms with E-state index >= 15 is 0 Å². The van der Waals surface area contributed by atoms with Crippen molar-refractivity contribution in [2.45, 2.75) is 40.2 Å². The van der Waals surface area contributed by atoms with Crippen molar-refractivity contribution in [1.82, 2.24) is 5.32 Å². The van der Waals surface area contributed by atoms with Gasteiger partial charge >= 0.3 is 0 Å². The van der Waals surface area contributed by atoms with Gasteiger partial charge in [0.15, 0.2) is 0 Å². The average molecular weight is 155 g/mol. The van der Waals surface area contributed by atoms with Crippen LogP contribution in [0.3, 0.4) is 0 Å². The Morgan fingerprint density at radius 3 is 1.55 bits per heavy atom. The third kappa shape index (κ3) is 2.66. The zero-order valence-electron chi connectivity index (χ0n) is 8.71. The first-order chi connectivity index (χ1) is 4.72. The molecule has 0 aromatic carbocycles. The minimum atomic E-state index is 0.0399. The summed E-state index contributed by atoms with van der Waals surface area (Å²) in [6, 6.07) is 0. The topological polar surface area (TPSA) is 12.0 Å². The summed E-state index contributed by atoms with van der Waals surface area (Å²) in [5.74, 6) is 0. The molecule has 0 aliphatic carbocycles. The third-order valence-electron chi connectivity index (χ3n) is 2.28. The molecule has 0 fully saturated rings. The maximum Gasteiger partial charge on any atom is 0.0336 e. The Labute approximate surface area is 70.9 Å². The molecule has 0 aromatic rings. The van der Waals surface area contributed by atoms with Crippen molar-refractivity contribution >= 4 is 0 Å². The Kier molecular flexibility index (Phi) is 2.90. The second-order valence-corrected chi connectivity index (χ2v) is 4.60. The van der Waals surface area contributed by atoms with Gasteiger partial charge in [0.25, 0.3) is 0 Å². The molecule has 1 N–H and O–H groups in total. The van der Waals surface area contributed by atoms with E-state index in [1.54, 1.807) is 0 Å². The first kappa shape index (κ1) is 10.7. The molecule has 11 heavy (non-hydrogen) atoms. The van der Waals surface area contributed by atoms with Gasteiger partial charge in [-0.15, -0.1) is 0 Å². The molecule has 0 amide bonds. The van der Waals surface area contributed by atoms with E-state index in [-0.39, 0.29) is 11.0 Å². The molecular weight excluding hydrogens is 134 g/mol. The lowest BCUT2D eigenvalue weighted by molar-refractivity contribution is 0.375. The molecule has 0 bridgehead atoms. The molecule has 0 saturated heterocycles. The number of hydrogen-bond donors (Lipinski definition) is 1. The molecule has 0 aromatic heterocycles. The standard InChI is InChI=1S/C10H21N/c1-8(9(2,3)4)10(5,6)11-7/h11H,1H2,2-7H3. The van der Waals surface area contributed by atoms with Crippen LogP contribution >= 0.6 is 0 Å². The molecule has 0 unspecified atom stereocenters. The monoisotopic (exact) mass is 155 g/mol. The summed E-state index contributed by atoms with van der Waals surface area (Å²) in [7, 11) is 1.97. The molecule has 0 rings (SSSR count). The Morgan fingerprint density at radius 1 is 1.09 bits per heavy atom. The first-order valence-electron chi connectivity index (χ1n) is 4.10. The summed E-state index contributed by atoms with van der Waals surface area (Å²) in [5.41, 5.74) is 1.47. The van der Waals surface area contributed by atoms with Gasteiger partial charge < -0.3 is 5.32 Å². The number of rotatable bonds is 2. The van der Waals surface area contributed by atoms with Crippen molar-refractivity contribution in [1.29, 1.82) is 0 Å². The highest BCUT2D eigenvalue weighted by atomic mass is 14.9. The van der Waals surface area contributed by atoms with Gasteiger partial charge in [-0.25, -0.2) is 0 Å². The maximum absolute atomic E-state index is 4.11. The predicted molar refractivity (Wildman–Crippen MR) is 51.7 cm³/mol. The van der Waals surface area contributed by atoms with Gasteiger partial charge in [-0.1, -0.05) is 32.9 Å². The average Bonchev–Trinajstić information content (AvgIpc) is 1.84. The Morgan fingerprint density at radius 2 is 1.45 bits per heavy atom. The van der Waals surface area contributed by atoms with Gasteiger partial charge in [0, 0.05) is 5.54 Å². The van der Waals surface area contributed by atoms with Gasteiger partial charge in [0.1, 0.15) is 0 Å². The summed E-state index contributed by atoms with van der Waals surface area (Å²) < 4.78 is 0. The van der Waals surface area contributed by atoms with E-state index < -0.39 is 0 Å². The zero-order chi connectivity index (χ0) is 9.28. The molecule has 1 nitrogen and oxygen atoms in total. The highest BCUT2D eigenvalue weighted by molar-refractivity contribution is 5.19. The van der Waals surface area contributed by atoms with Crippen LogP contribution in [0.15, 0.2) is 12.2 Å². The van der Waals surface area contributed by atoms with Crippen LogP contribution < -0.4 is 5.32 Å². The lowest BCUT2D eigenvalue weighted by atomic mass is 9.77. The Hall–Kier alpha value is -0.300. The van der Waals surface area contributed by atoms with Gasteiger partial charge in [-0.2, -0.15) is 0 Å². The molecule has 1 heteroatoms. The van der Waals surface area contributed by atoms with Crippen LogP contribution in [-0.2, 0) is 0 Å². The van der Waals surface area contributed by atoms with E-state index in [2.05, 4.69) is 46.5 Å². The van der Waals surface area contributed by atoms with Crippen LogP contribution in [0.1, 0.15) is 34.6 Å². The highest BCUT2D eigenvalue weighted by Gasteiger charge is 2.27.